The second kappa shape index (κ2) is 3.82. The summed E-state index contributed by atoms with van der Waals surface area (Å²) >= 11 is 0. The van der Waals surface area contributed by atoms with Crippen LogP contribution in [0.2, 0.25) is 0 Å². The minimum Gasteiger partial charge on any atom is -0.340 e. The molecule has 0 aliphatic rings. The molecule has 15 heavy (non-hydrogen) atoms. The van der Waals surface area contributed by atoms with E-state index in [9.17, 15) is 0 Å². The SMILES string of the molecule is CCC(N)c1noc(-c2cn(C)cn2)n1. The van der Waals surface area contributed by atoms with Crippen molar-refractivity contribution in [2.24, 2.45) is 12.8 Å². The molecule has 2 N–H and O–H groups in total. The summed E-state index contributed by atoms with van der Waals surface area (Å²) in [5.41, 5.74) is 6.45. The zero-order chi connectivity index (χ0) is 10.8. The van der Waals surface area contributed by atoms with E-state index in [2.05, 4.69) is 15.1 Å². The molecule has 0 saturated carbocycles. The Hall–Kier alpha value is -1.69. The molecule has 0 spiro atoms. The molecule has 2 heterocycles. The molecule has 0 bridgehead atoms. The van der Waals surface area contributed by atoms with Crippen LogP contribution in [0.5, 0.6) is 0 Å². The standard InChI is InChI=1S/C9H13N5O/c1-3-6(10)8-12-9(15-13-8)7-4-14(2)5-11-7/h4-6H,3,10H2,1-2H3. The molecular weight excluding hydrogens is 194 g/mol. The topological polar surface area (TPSA) is 82.8 Å². The minimum absolute atomic E-state index is 0.175. The quantitative estimate of drug-likeness (QED) is 0.807. The van der Waals surface area contributed by atoms with Crippen molar-refractivity contribution < 1.29 is 4.52 Å². The van der Waals surface area contributed by atoms with Crippen molar-refractivity contribution in [2.45, 2.75) is 19.4 Å². The van der Waals surface area contributed by atoms with Crippen molar-refractivity contribution >= 4 is 0 Å². The van der Waals surface area contributed by atoms with E-state index in [0.717, 1.165) is 6.42 Å². The molecule has 6 heteroatoms. The predicted octanol–water partition coefficient (Wildman–Crippen LogP) is 0.880. The largest absolute Gasteiger partial charge is 0.340 e. The van der Waals surface area contributed by atoms with Crippen LogP contribution in [-0.4, -0.2) is 19.7 Å². The Morgan fingerprint density at radius 2 is 2.40 bits per heavy atom. The van der Waals surface area contributed by atoms with Gasteiger partial charge in [-0.1, -0.05) is 12.1 Å². The summed E-state index contributed by atoms with van der Waals surface area (Å²) in [6.45, 7) is 1.97. The fourth-order valence-corrected chi connectivity index (χ4v) is 1.20. The highest BCUT2D eigenvalue weighted by Crippen LogP contribution is 2.17. The molecular formula is C9H13N5O. The van der Waals surface area contributed by atoms with Gasteiger partial charge in [-0.3, -0.25) is 0 Å². The molecule has 2 rings (SSSR count). The predicted molar refractivity (Wildman–Crippen MR) is 53.7 cm³/mol. The van der Waals surface area contributed by atoms with Gasteiger partial charge in [-0.25, -0.2) is 4.98 Å². The van der Waals surface area contributed by atoms with Gasteiger partial charge < -0.3 is 14.8 Å². The maximum Gasteiger partial charge on any atom is 0.278 e. The van der Waals surface area contributed by atoms with E-state index in [0.29, 0.717) is 17.4 Å². The third-order valence-corrected chi connectivity index (χ3v) is 2.14. The molecule has 6 nitrogen and oxygen atoms in total. The van der Waals surface area contributed by atoms with Gasteiger partial charge in [-0.15, -0.1) is 0 Å². The average Bonchev–Trinajstić information content (AvgIpc) is 2.84. The number of aryl methyl sites for hydroxylation is 1. The van der Waals surface area contributed by atoms with E-state index in [4.69, 9.17) is 10.3 Å². The van der Waals surface area contributed by atoms with E-state index in [1.807, 2.05) is 24.7 Å². The molecule has 0 radical (unpaired) electrons. The molecule has 2 aromatic rings. The van der Waals surface area contributed by atoms with Crippen molar-refractivity contribution in [1.29, 1.82) is 0 Å². The lowest BCUT2D eigenvalue weighted by Crippen LogP contribution is -2.10. The highest BCUT2D eigenvalue weighted by molar-refractivity contribution is 5.44. The first kappa shape index (κ1) is 9.85. The van der Waals surface area contributed by atoms with Gasteiger partial charge in [0.2, 0.25) is 0 Å². The van der Waals surface area contributed by atoms with Crippen molar-refractivity contribution in [2.75, 3.05) is 0 Å². The third-order valence-electron chi connectivity index (χ3n) is 2.14. The lowest BCUT2D eigenvalue weighted by Gasteiger charge is -1.98. The molecule has 0 fully saturated rings. The Kier molecular flexibility index (Phi) is 2.51. The summed E-state index contributed by atoms with van der Waals surface area (Å²) in [4.78, 5) is 8.30. The normalized spacial score (nSPS) is 13.0. The van der Waals surface area contributed by atoms with Crippen LogP contribution >= 0.6 is 0 Å². The highest BCUT2D eigenvalue weighted by Gasteiger charge is 2.14. The average molecular weight is 207 g/mol. The lowest BCUT2D eigenvalue weighted by atomic mass is 10.2. The van der Waals surface area contributed by atoms with Crippen molar-refractivity contribution in [3.63, 3.8) is 0 Å². The van der Waals surface area contributed by atoms with E-state index >= 15 is 0 Å². The Morgan fingerprint density at radius 1 is 1.60 bits per heavy atom. The fraction of sp³-hybridized carbons (Fsp3) is 0.444. The first-order valence-corrected chi connectivity index (χ1v) is 4.78. The zero-order valence-electron chi connectivity index (χ0n) is 8.71. The van der Waals surface area contributed by atoms with Gasteiger partial charge in [-0.2, -0.15) is 4.98 Å². The molecule has 0 aliphatic heterocycles. The number of hydrogen-bond donors (Lipinski definition) is 1. The Bertz CT molecular complexity index is 447. The van der Waals surface area contributed by atoms with Crippen molar-refractivity contribution in [3.8, 4) is 11.6 Å². The van der Waals surface area contributed by atoms with Gasteiger partial charge in [0.1, 0.15) is 5.69 Å². The molecule has 0 saturated heterocycles. The van der Waals surface area contributed by atoms with Gasteiger partial charge in [-0.05, 0) is 6.42 Å². The summed E-state index contributed by atoms with van der Waals surface area (Å²) in [5.74, 6) is 0.938. The highest BCUT2D eigenvalue weighted by atomic mass is 16.5. The zero-order valence-corrected chi connectivity index (χ0v) is 8.71. The molecule has 0 aliphatic carbocycles. The monoisotopic (exact) mass is 207 g/mol. The molecule has 1 atom stereocenters. The van der Waals surface area contributed by atoms with Crippen molar-refractivity contribution in [3.05, 3.63) is 18.3 Å². The summed E-state index contributed by atoms with van der Waals surface area (Å²) in [6.07, 6.45) is 4.27. The number of nitrogens with two attached hydrogens (primary N) is 1. The Labute approximate surface area is 87.1 Å². The second-order valence-electron chi connectivity index (χ2n) is 3.40. The van der Waals surface area contributed by atoms with E-state index in [1.54, 1.807) is 6.33 Å². The molecule has 2 aromatic heterocycles. The Morgan fingerprint density at radius 3 is 3.00 bits per heavy atom. The van der Waals surface area contributed by atoms with E-state index in [-0.39, 0.29) is 6.04 Å². The number of nitrogens with zero attached hydrogens (tertiary/aromatic N) is 4. The summed E-state index contributed by atoms with van der Waals surface area (Å²) in [7, 11) is 1.88. The van der Waals surface area contributed by atoms with Crippen LogP contribution in [0.25, 0.3) is 11.6 Å². The number of rotatable bonds is 3. The minimum atomic E-state index is -0.175. The summed E-state index contributed by atoms with van der Waals surface area (Å²) in [5, 5.41) is 3.81. The van der Waals surface area contributed by atoms with Gasteiger partial charge in [0.25, 0.3) is 5.89 Å². The smallest absolute Gasteiger partial charge is 0.278 e. The third kappa shape index (κ3) is 1.89. The number of hydrogen-bond acceptors (Lipinski definition) is 5. The molecule has 1 unspecified atom stereocenters. The van der Waals surface area contributed by atoms with Gasteiger partial charge >= 0.3 is 0 Å². The van der Waals surface area contributed by atoms with Crippen LogP contribution in [0.15, 0.2) is 17.0 Å². The van der Waals surface area contributed by atoms with Gasteiger partial charge in [0.15, 0.2) is 5.82 Å². The fourth-order valence-electron chi connectivity index (χ4n) is 1.20. The van der Waals surface area contributed by atoms with Crippen LogP contribution in [0.1, 0.15) is 25.2 Å². The number of aromatic nitrogens is 4. The van der Waals surface area contributed by atoms with Crippen molar-refractivity contribution in [1.82, 2.24) is 19.7 Å². The maximum absolute atomic E-state index is 5.78. The number of imidazole rings is 1. The second-order valence-corrected chi connectivity index (χ2v) is 3.40. The van der Waals surface area contributed by atoms with Crippen LogP contribution < -0.4 is 5.73 Å². The van der Waals surface area contributed by atoms with Crippen LogP contribution in [0.4, 0.5) is 0 Å². The maximum atomic E-state index is 5.78. The first-order valence-electron chi connectivity index (χ1n) is 4.78. The van der Waals surface area contributed by atoms with E-state index in [1.165, 1.54) is 0 Å². The van der Waals surface area contributed by atoms with Gasteiger partial charge in [0, 0.05) is 13.2 Å². The van der Waals surface area contributed by atoms with Gasteiger partial charge in [0.05, 0.1) is 12.4 Å². The van der Waals surface area contributed by atoms with Crippen LogP contribution in [-0.2, 0) is 7.05 Å². The van der Waals surface area contributed by atoms with E-state index < -0.39 is 0 Å². The lowest BCUT2D eigenvalue weighted by molar-refractivity contribution is 0.414. The molecule has 0 aromatic carbocycles. The molecule has 80 valence electrons. The van der Waals surface area contributed by atoms with Crippen LogP contribution in [0, 0.1) is 0 Å². The van der Waals surface area contributed by atoms with Crippen LogP contribution in [0.3, 0.4) is 0 Å². The summed E-state index contributed by atoms with van der Waals surface area (Å²) in [6, 6.07) is -0.175. The molecule has 0 amide bonds. The summed E-state index contributed by atoms with van der Waals surface area (Å²) < 4.78 is 6.89. The first-order chi connectivity index (χ1) is 7.20. The Balaban J connectivity index is 2.27.